The van der Waals surface area contributed by atoms with E-state index >= 15 is 0 Å². The number of carbonyl (C=O) groups is 2. The Kier molecular flexibility index (Phi) is 3.79. The maximum Gasteiger partial charge on any atom is 0.263 e. The average Bonchev–Trinajstić information content (AvgIpc) is 3.18. The summed E-state index contributed by atoms with van der Waals surface area (Å²) in [5.74, 6) is -1.39. The number of carbonyl (C=O) groups excluding carboxylic acids is 2. The summed E-state index contributed by atoms with van der Waals surface area (Å²) < 4.78 is 13.9. The molecule has 0 unspecified atom stereocenters. The lowest BCUT2D eigenvalue weighted by atomic mass is 10.1. The summed E-state index contributed by atoms with van der Waals surface area (Å²) in [7, 11) is 0. The first-order valence-corrected chi connectivity index (χ1v) is 8.44. The third kappa shape index (κ3) is 2.31. The fraction of sp³-hybridized carbons (Fsp3) is 0.263. The molecule has 1 fully saturated rings. The highest BCUT2D eigenvalue weighted by atomic mass is 19.1. The van der Waals surface area contributed by atoms with Crippen LogP contribution in [-0.4, -0.2) is 23.9 Å². The molecule has 2 aliphatic heterocycles. The van der Waals surface area contributed by atoms with E-state index < -0.39 is 29.7 Å². The molecule has 0 saturated carbocycles. The Balaban J connectivity index is 1.73. The lowest BCUT2D eigenvalue weighted by Crippen LogP contribution is -2.40. The van der Waals surface area contributed by atoms with Gasteiger partial charge < -0.3 is 0 Å². The Morgan fingerprint density at radius 1 is 1.12 bits per heavy atom. The minimum Gasteiger partial charge on any atom is -0.271 e. The summed E-state index contributed by atoms with van der Waals surface area (Å²) in [6.07, 6.45) is 0.759. The molecule has 2 heterocycles. The Morgan fingerprint density at radius 3 is 2.62 bits per heavy atom. The van der Waals surface area contributed by atoms with Crippen molar-refractivity contribution >= 4 is 23.2 Å². The van der Waals surface area contributed by atoms with E-state index in [0.29, 0.717) is 5.56 Å². The van der Waals surface area contributed by atoms with Gasteiger partial charge >= 0.3 is 0 Å². The zero-order valence-corrected chi connectivity index (χ0v) is 14.4. The number of fused-ring (bicyclic) bond motifs is 1. The first kappa shape index (κ1) is 16.4. The largest absolute Gasteiger partial charge is 0.271 e. The van der Waals surface area contributed by atoms with Crippen LogP contribution in [0.1, 0.15) is 18.1 Å². The second-order valence-electron chi connectivity index (χ2n) is 6.37. The molecule has 0 N–H and O–H groups in total. The van der Waals surface area contributed by atoms with Crippen LogP contribution in [0, 0.1) is 12.7 Å². The Bertz CT molecular complexity index is 943. The number of nitrogens with zero attached hydrogens (tertiary/aromatic N) is 4. The van der Waals surface area contributed by atoms with Gasteiger partial charge in [-0.15, -0.1) is 0 Å². The van der Waals surface area contributed by atoms with Crippen molar-refractivity contribution in [2.45, 2.75) is 32.4 Å². The molecule has 0 aromatic heterocycles. The predicted molar refractivity (Wildman–Crippen MR) is 94.4 cm³/mol. The highest BCUT2D eigenvalue weighted by Crippen LogP contribution is 2.36. The van der Waals surface area contributed by atoms with Gasteiger partial charge in [0.15, 0.2) is 12.1 Å². The third-order valence-electron chi connectivity index (χ3n) is 4.81. The molecule has 7 heteroatoms. The van der Waals surface area contributed by atoms with Gasteiger partial charge in [0.25, 0.3) is 11.8 Å². The first-order valence-electron chi connectivity index (χ1n) is 8.44. The van der Waals surface area contributed by atoms with Gasteiger partial charge in [-0.1, -0.05) is 36.4 Å². The molecule has 0 spiro atoms. The Morgan fingerprint density at radius 2 is 1.88 bits per heavy atom. The van der Waals surface area contributed by atoms with Gasteiger partial charge in [-0.3, -0.25) is 9.59 Å². The molecule has 2 aromatic rings. The lowest BCUT2D eigenvalue weighted by molar-refractivity contribution is -0.121. The van der Waals surface area contributed by atoms with Crippen LogP contribution in [-0.2, 0) is 16.0 Å². The number of benzene rings is 2. The van der Waals surface area contributed by atoms with Crippen molar-refractivity contribution in [1.82, 2.24) is 0 Å². The van der Waals surface area contributed by atoms with Gasteiger partial charge in [-0.25, -0.2) is 14.3 Å². The van der Waals surface area contributed by atoms with Crippen LogP contribution >= 0.6 is 0 Å². The van der Waals surface area contributed by atoms with Gasteiger partial charge in [-0.2, -0.15) is 5.11 Å². The summed E-state index contributed by atoms with van der Waals surface area (Å²) in [4.78, 5) is 26.7. The van der Waals surface area contributed by atoms with Crippen LogP contribution in [0.5, 0.6) is 0 Å². The molecule has 4 rings (SSSR count). The molecule has 2 amide bonds. The second-order valence-corrected chi connectivity index (χ2v) is 6.37. The number of aryl methyl sites for hydroxylation is 2. The lowest BCUT2D eigenvalue weighted by Gasteiger charge is -2.22. The number of hydrogen-bond acceptors (Lipinski definition) is 5. The standard InChI is InChI=1S/C19H17FN4O2/c1-3-12-6-4-5-7-15(12)24-17-16(21-22-24)18(25)23(19(17)26)13-9-8-11(2)14(20)10-13/h4-10,16-17H,3H2,1-2H3/t16-,17+/m1/s1. The molecule has 0 bridgehead atoms. The number of amides is 2. The number of rotatable bonds is 3. The topological polar surface area (TPSA) is 65.3 Å². The zero-order chi connectivity index (χ0) is 18.4. The maximum absolute atomic E-state index is 13.9. The van der Waals surface area contributed by atoms with Crippen molar-refractivity contribution in [1.29, 1.82) is 0 Å². The maximum atomic E-state index is 13.9. The first-order chi connectivity index (χ1) is 12.5. The van der Waals surface area contributed by atoms with E-state index in [1.807, 2.05) is 31.2 Å². The molecule has 6 nitrogen and oxygen atoms in total. The van der Waals surface area contributed by atoms with Crippen LogP contribution in [0.25, 0.3) is 0 Å². The molecule has 0 radical (unpaired) electrons. The van der Waals surface area contributed by atoms with Crippen molar-refractivity contribution < 1.29 is 14.0 Å². The molecule has 132 valence electrons. The summed E-state index contributed by atoms with van der Waals surface area (Å²) in [5.41, 5.74) is 2.43. The second kappa shape index (κ2) is 6.01. The Labute approximate surface area is 149 Å². The molecule has 2 aromatic carbocycles. The SMILES string of the molecule is CCc1ccccc1N1N=N[C@H]2C(=O)N(c3ccc(C)c(F)c3)C(=O)[C@H]21. The predicted octanol–water partition coefficient (Wildman–Crippen LogP) is 3.19. The highest BCUT2D eigenvalue weighted by Gasteiger charge is 2.55. The molecule has 2 aliphatic rings. The molecular weight excluding hydrogens is 335 g/mol. The monoisotopic (exact) mass is 352 g/mol. The molecule has 1 saturated heterocycles. The van der Waals surface area contributed by atoms with Crippen LogP contribution in [0.2, 0.25) is 0 Å². The number of halogens is 1. The van der Waals surface area contributed by atoms with E-state index in [1.165, 1.54) is 11.1 Å². The number of anilines is 2. The summed E-state index contributed by atoms with van der Waals surface area (Å²) in [5, 5.41) is 9.61. The smallest absolute Gasteiger partial charge is 0.263 e. The zero-order valence-electron chi connectivity index (χ0n) is 14.4. The number of imide groups is 1. The van der Waals surface area contributed by atoms with Crippen molar-refractivity contribution in [2.24, 2.45) is 10.3 Å². The normalized spacial score (nSPS) is 21.7. The average molecular weight is 352 g/mol. The van der Waals surface area contributed by atoms with E-state index in [-0.39, 0.29) is 5.69 Å². The van der Waals surface area contributed by atoms with Gasteiger partial charge in [0, 0.05) is 0 Å². The molecule has 0 aliphatic carbocycles. The minimum absolute atomic E-state index is 0.219. The van der Waals surface area contributed by atoms with Crippen molar-refractivity contribution in [3.63, 3.8) is 0 Å². The number of para-hydroxylation sites is 1. The minimum atomic E-state index is -0.906. The van der Waals surface area contributed by atoms with Gasteiger partial charge in [0.1, 0.15) is 5.82 Å². The van der Waals surface area contributed by atoms with Gasteiger partial charge in [0.2, 0.25) is 0 Å². The Hall–Kier alpha value is -3.09. The van der Waals surface area contributed by atoms with E-state index in [0.717, 1.165) is 22.6 Å². The highest BCUT2D eigenvalue weighted by molar-refractivity contribution is 6.26. The quantitative estimate of drug-likeness (QED) is 0.797. The molecule has 2 atom stereocenters. The fourth-order valence-electron chi connectivity index (χ4n) is 3.37. The number of hydrogen-bond donors (Lipinski definition) is 0. The van der Waals surface area contributed by atoms with Crippen LogP contribution in [0.15, 0.2) is 52.8 Å². The van der Waals surface area contributed by atoms with E-state index in [2.05, 4.69) is 10.3 Å². The molecule has 26 heavy (non-hydrogen) atoms. The molecular formula is C19H17FN4O2. The van der Waals surface area contributed by atoms with Crippen molar-refractivity contribution in [3.05, 3.63) is 59.4 Å². The summed E-state index contributed by atoms with van der Waals surface area (Å²) >= 11 is 0. The van der Waals surface area contributed by atoms with Crippen LogP contribution in [0.4, 0.5) is 15.8 Å². The summed E-state index contributed by atoms with van der Waals surface area (Å²) in [6.45, 7) is 3.63. The van der Waals surface area contributed by atoms with Crippen molar-refractivity contribution in [2.75, 3.05) is 9.91 Å². The van der Waals surface area contributed by atoms with E-state index in [4.69, 9.17) is 0 Å². The summed E-state index contributed by atoms with van der Waals surface area (Å²) in [6, 6.07) is 10.1. The van der Waals surface area contributed by atoms with E-state index in [1.54, 1.807) is 19.1 Å². The van der Waals surface area contributed by atoms with Crippen molar-refractivity contribution in [3.8, 4) is 0 Å². The fourth-order valence-corrected chi connectivity index (χ4v) is 3.37. The van der Waals surface area contributed by atoms with E-state index in [9.17, 15) is 14.0 Å². The van der Waals surface area contributed by atoms with Crippen LogP contribution < -0.4 is 9.91 Å². The van der Waals surface area contributed by atoms with Gasteiger partial charge in [-0.05, 0) is 42.7 Å². The van der Waals surface area contributed by atoms with Crippen LogP contribution in [0.3, 0.4) is 0 Å². The van der Waals surface area contributed by atoms with Gasteiger partial charge in [0.05, 0.1) is 11.4 Å². The third-order valence-corrected chi connectivity index (χ3v) is 4.81.